The van der Waals surface area contributed by atoms with E-state index in [1.807, 2.05) is 18.2 Å². The molecule has 0 saturated carbocycles. The fourth-order valence-corrected chi connectivity index (χ4v) is 5.39. The number of hydrogen-bond acceptors (Lipinski definition) is 4. The molecule has 0 fully saturated rings. The minimum atomic E-state index is -3.71. The third kappa shape index (κ3) is 5.23. The van der Waals surface area contributed by atoms with E-state index in [1.165, 1.54) is 11.4 Å². The number of hydrogen-bond donors (Lipinski definition) is 2. The van der Waals surface area contributed by atoms with Gasteiger partial charge in [-0.2, -0.15) is 0 Å². The Balaban J connectivity index is 1.47. The number of anilines is 2. The number of benzene rings is 3. The van der Waals surface area contributed by atoms with Crippen LogP contribution in [0.5, 0.6) is 5.75 Å². The Kier molecular flexibility index (Phi) is 6.76. The number of nitrogens with zero attached hydrogens (tertiary/aromatic N) is 1. The standard InChI is InChI=1S/C24H24ClN3O4S/c1-32-21-9-11-22(12-10-21)33(30,31)28-14-2-3-18-15-20(8-13-23(18)28)27-24(29)26-16-17-4-6-19(25)7-5-17/h4-13,15H,2-3,14,16H2,1H3,(H2,26,27,29). The molecule has 2 amide bonds. The van der Waals surface area contributed by atoms with Crippen LogP contribution in [0.25, 0.3) is 0 Å². The maximum atomic E-state index is 13.3. The van der Waals surface area contributed by atoms with Crippen LogP contribution in [0, 0.1) is 0 Å². The molecule has 7 nitrogen and oxygen atoms in total. The highest BCUT2D eigenvalue weighted by Crippen LogP contribution is 2.34. The number of amides is 2. The van der Waals surface area contributed by atoms with E-state index in [4.69, 9.17) is 16.3 Å². The SMILES string of the molecule is COc1ccc(S(=O)(=O)N2CCCc3cc(NC(=O)NCc4ccc(Cl)cc4)ccc32)cc1. The first-order valence-corrected chi connectivity index (χ1v) is 12.3. The molecule has 3 aromatic carbocycles. The van der Waals surface area contributed by atoms with Crippen molar-refractivity contribution >= 4 is 39.0 Å². The lowest BCUT2D eigenvalue weighted by atomic mass is 10.0. The smallest absolute Gasteiger partial charge is 0.319 e. The average molecular weight is 486 g/mol. The number of carbonyl (C=O) groups is 1. The third-order valence-corrected chi connectivity index (χ3v) is 7.51. The largest absolute Gasteiger partial charge is 0.497 e. The lowest BCUT2D eigenvalue weighted by Gasteiger charge is -2.31. The summed E-state index contributed by atoms with van der Waals surface area (Å²) in [6.45, 7) is 0.761. The van der Waals surface area contributed by atoms with Crippen LogP contribution in [0.3, 0.4) is 0 Å². The lowest BCUT2D eigenvalue weighted by molar-refractivity contribution is 0.251. The molecule has 0 spiro atoms. The molecule has 1 heterocycles. The van der Waals surface area contributed by atoms with Crippen molar-refractivity contribution in [2.75, 3.05) is 23.3 Å². The zero-order valence-corrected chi connectivity index (χ0v) is 19.6. The molecule has 4 rings (SSSR count). The molecule has 33 heavy (non-hydrogen) atoms. The number of sulfonamides is 1. The Bertz CT molecular complexity index is 1250. The summed E-state index contributed by atoms with van der Waals surface area (Å²) in [6.07, 6.45) is 1.42. The predicted octanol–water partition coefficient (Wildman–Crippen LogP) is 4.81. The van der Waals surface area contributed by atoms with Gasteiger partial charge < -0.3 is 15.4 Å². The highest BCUT2D eigenvalue weighted by Gasteiger charge is 2.29. The molecular formula is C24H24ClN3O4S. The molecular weight excluding hydrogens is 462 g/mol. The molecule has 0 unspecified atom stereocenters. The third-order valence-electron chi connectivity index (χ3n) is 5.43. The predicted molar refractivity (Wildman–Crippen MR) is 130 cm³/mol. The zero-order valence-electron chi connectivity index (χ0n) is 18.0. The number of methoxy groups -OCH3 is 1. The van der Waals surface area contributed by atoms with Gasteiger partial charge in [-0.3, -0.25) is 4.31 Å². The van der Waals surface area contributed by atoms with Crippen LogP contribution in [0.1, 0.15) is 17.5 Å². The summed E-state index contributed by atoms with van der Waals surface area (Å²) in [5.74, 6) is 0.595. The van der Waals surface area contributed by atoms with E-state index >= 15 is 0 Å². The van der Waals surface area contributed by atoms with Gasteiger partial charge in [-0.15, -0.1) is 0 Å². The van der Waals surface area contributed by atoms with Crippen molar-refractivity contribution in [3.05, 3.63) is 82.9 Å². The molecule has 0 aromatic heterocycles. The van der Waals surface area contributed by atoms with E-state index in [0.717, 1.165) is 17.5 Å². The van der Waals surface area contributed by atoms with E-state index in [9.17, 15) is 13.2 Å². The first-order chi connectivity index (χ1) is 15.9. The monoisotopic (exact) mass is 485 g/mol. The molecule has 172 valence electrons. The maximum Gasteiger partial charge on any atom is 0.319 e. The van der Waals surface area contributed by atoms with Gasteiger partial charge in [0.25, 0.3) is 10.0 Å². The van der Waals surface area contributed by atoms with E-state index in [-0.39, 0.29) is 10.9 Å². The van der Waals surface area contributed by atoms with E-state index < -0.39 is 10.0 Å². The number of nitrogens with one attached hydrogen (secondary N) is 2. The van der Waals surface area contributed by atoms with Gasteiger partial charge in [0.1, 0.15) is 5.75 Å². The summed E-state index contributed by atoms with van der Waals surface area (Å²) < 4.78 is 33.1. The molecule has 2 N–H and O–H groups in total. The second-order valence-electron chi connectivity index (χ2n) is 7.63. The fraction of sp³-hybridized carbons (Fsp3) is 0.208. The molecule has 9 heteroatoms. The van der Waals surface area contributed by atoms with Crippen molar-refractivity contribution in [3.63, 3.8) is 0 Å². The van der Waals surface area contributed by atoms with E-state index in [0.29, 0.717) is 41.7 Å². The zero-order chi connectivity index (χ0) is 23.4. The van der Waals surface area contributed by atoms with Crippen molar-refractivity contribution in [1.82, 2.24) is 5.32 Å². The number of fused-ring (bicyclic) bond motifs is 1. The number of ether oxygens (including phenoxy) is 1. The van der Waals surface area contributed by atoms with Gasteiger partial charge >= 0.3 is 6.03 Å². The van der Waals surface area contributed by atoms with Crippen LogP contribution >= 0.6 is 11.6 Å². The van der Waals surface area contributed by atoms with E-state index in [1.54, 1.807) is 48.5 Å². The van der Waals surface area contributed by atoms with Gasteiger partial charge in [-0.1, -0.05) is 23.7 Å². The Morgan fingerprint density at radius 1 is 1.06 bits per heavy atom. The number of rotatable bonds is 6. The Morgan fingerprint density at radius 2 is 1.79 bits per heavy atom. The Morgan fingerprint density at radius 3 is 2.48 bits per heavy atom. The molecule has 3 aromatic rings. The van der Waals surface area contributed by atoms with Gasteiger partial charge in [0.15, 0.2) is 0 Å². The van der Waals surface area contributed by atoms with E-state index in [2.05, 4.69) is 10.6 Å². The van der Waals surface area contributed by atoms with Crippen molar-refractivity contribution in [2.24, 2.45) is 0 Å². The number of carbonyl (C=O) groups excluding carboxylic acids is 1. The summed E-state index contributed by atoms with van der Waals surface area (Å²) in [7, 11) is -2.17. The number of aryl methyl sites for hydroxylation is 1. The van der Waals surface area contributed by atoms with Crippen LogP contribution in [0.2, 0.25) is 5.02 Å². The normalized spacial score (nSPS) is 13.2. The van der Waals surface area contributed by atoms with Crippen LogP contribution in [-0.2, 0) is 23.0 Å². The Hall–Kier alpha value is -3.23. The highest BCUT2D eigenvalue weighted by atomic mass is 35.5. The minimum absolute atomic E-state index is 0.208. The molecule has 0 saturated heterocycles. The van der Waals surface area contributed by atoms with Crippen LogP contribution in [0.15, 0.2) is 71.6 Å². The summed E-state index contributed by atoms with van der Waals surface area (Å²) in [6, 6.07) is 18.5. The first-order valence-electron chi connectivity index (χ1n) is 10.5. The average Bonchev–Trinajstić information content (AvgIpc) is 2.83. The molecule has 0 radical (unpaired) electrons. The summed E-state index contributed by atoms with van der Waals surface area (Å²) in [4.78, 5) is 12.5. The number of urea groups is 1. The van der Waals surface area contributed by atoms with Gasteiger partial charge in [-0.25, -0.2) is 13.2 Å². The number of halogens is 1. The molecule has 0 atom stereocenters. The van der Waals surface area contributed by atoms with Crippen molar-refractivity contribution in [1.29, 1.82) is 0 Å². The molecule has 1 aliphatic rings. The van der Waals surface area contributed by atoms with Crippen molar-refractivity contribution in [2.45, 2.75) is 24.3 Å². The second kappa shape index (κ2) is 9.72. The highest BCUT2D eigenvalue weighted by molar-refractivity contribution is 7.92. The van der Waals surface area contributed by atoms with Gasteiger partial charge in [-0.05, 0) is 78.6 Å². The second-order valence-corrected chi connectivity index (χ2v) is 9.93. The van der Waals surface area contributed by atoms with Crippen molar-refractivity contribution in [3.8, 4) is 5.75 Å². The summed E-state index contributed by atoms with van der Waals surface area (Å²) in [5, 5.41) is 6.25. The van der Waals surface area contributed by atoms with Crippen LogP contribution < -0.4 is 19.7 Å². The van der Waals surface area contributed by atoms with Gasteiger partial charge in [0.05, 0.1) is 17.7 Å². The first kappa shape index (κ1) is 22.9. The van der Waals surface area contributed by atoms with Crippen LogP contribution in [-0.4, -0.2) is 28.1 Å². The van der Waals surface area contributed by atoms with Crippen molar-refractivity contribution < 1.29 is 17.9 Å². The van der Waals surface area contributed by atoms with Gasteiger partial charge in [0.2, 0.25) is 0 Å². The summed E-state index contributed by atoms with van der Waals surface area (Å²) in [5.41, 5.74) is 3.03. The quantitative estimate of drug-likeness (QED) is 0.524. The fourth-order valence-electron chi connectivity index (χ4n) is 3.72. The maximum absolute atomic E-state index is 13.3. The lowest BCUT2D eigenvalue weighted by Crippen LogP contribution is -2.35. The summed E-state index contributed by atoms with van der Waals surface area (Å²) >= 11 is 5.88. The van der Waals surface area contributed by atoms with Gasteiger partial charge in [0, 0.05) is 23.8 Å². The molecule has 1 aliphatic heterocycles. The topological polar surface area (TPSA) is 87.7 Å². The Labute approximate surface area is 198 Å². The van der Waals surface area contributed by atoms with Crippen LogP contribution in [0.4, 0.5) is 16.2 Å². The minimum Gasteiger partial charge on any atom is -0.497 e. The molecule has 0 aliphatic carbocycles. The molecule has 0 bridgehead atoms.